The monoisotopic (exact) mass is 440 g/mol. The molecule has 0 spiro atoms. The Hall–Kier alpha value is -3.54. The van der Waals surface area contributed by atoms with Crippen molar-refractivity contribution in [3.05, 3.63) is 75.0 Å². The van der Waals surface area contributed by atoms with Gasteiger partial charge in [-0.25, -0.2) is 8.78 Å². The third-order valence-corrected chi connectivity index (χ3v) is 5.15. The third-order valence-electron chi connectivity index (χ3n) is 4.82. The van der Waals surface area contributed by atoms with Gasteiger partial charge in [-0.05, 0) is 30.3 Å². The number of hydrogen-bond acceptors (Lipinski definition) is 4. The number of ether oxygens (including phenoxy) is 1. The number of H-pyrrole nitrogens is 1. The van der Waals surface area contributed by atoms with Gasteiger partial charge in [-0.2, -0.15) is 10.4 Å². The SMILES string of the molecule is COCCn1ccc(-c2c(F)cc3[nH]c(-c4cc(C#N)ccc4Cl)cc(=O)c3c2F)n1. The van der Waals surface area contributed by atoms with Gasteiger partial charge in [0.05, 0.1) is 52.6 Å². The van der Waals surface area contributed by atoms with Crippen molar-refractivity contribution in [3.8, 4) is 28.6 Å². The van der Waals surface area contributed by atoms with E-state index in [1.165, 1.54) is 42.1 Å². The van der Waals surface area contributed by atoms with Gasteiger partial charge in [0.1, 0.15) is 11.6 Å². The van der Waals surface area contributed by atoms with E-state index in [-0.39, 0.29) is 32.9 Å². The zero-order valence-electron chi connectivity index (χ0n) is 16.2. The lowest BCUT2D eigenvalue weighted by Crippen LogP contribution is -2.08. The topological polar surface area (TPSA) is 83.7 Å². The zero-order valence-corrected chi connectivity index (χ0v) is 17.0. The number of nitriles is 1. The second kappa shape index (κ2) is 8.30. The number of fused-ring (bicyclic) bond motifs is 1. The van der Waals surface area contributed by atoms with Crippen LogP contribution in [0.25, 0.3) is 33.4 Å². The molecule has 6 nitrogen and oxygen atoms in total. The van der Waals surface area contributed by atoms with Crippen molar-refractivity contribution < 1.29 is 13.5 Å². The second-order valence-electron chi connectivity index (χ2n) is 6.78. The molecule has 2 heterocycles. The number of nitrogens with one attached hydrogen (secondary N) is 1. The Bertz CT molecular complexity index is 1410. The highest BCUT2D eigenvalue weighted by Crippen LogP contribution is 2.32. The van der Waals surface area contributed by atoms with Crippen molar-refractivity contribution >= 4 is 22.5 Å². The van der Waals surface area contributed by atoms with Crippen LogP contribution in [0.2, 0.25) is 5.02 Å². The van der Waals surface area contributed by atoms with Crippen LogP contribution in [0.4, 0.5) is 8.78 Å². The third kappa shape index (κ3) is 3.81. The first kappa shape index (κ1) is 20.7. The number of methoxy groups -OCH3 is 1. The van der Waals surface area contributed by atoms with Crippen molar-refractivity contribution in [1.82, 2.24) is 14.8 Å². The van der Waals surface area contributed by atoms with Crippen molar-refractivity contribution in [3.63, 3.8) is 0 Å². The van der Waals surface area contributed by atoms with Crippen LogP contribution in [-0.2, 0) is 11.3 Å². The van der Waals surface area contributed by atoms with E-state index in [9.17, 15) is 9.18 Å². The highest BCUT2D eigenvalue weighted by atomic mass is 35.5. The molecule has 2 aromatic carbocycles. The Balaban J connectivity index is 1.87. The van der Waals surface area contributed by atoms with Crippen molar-refractivity contribution in [2.24, 2.45) is 0 Å². The van der Waals surface area contributed by atoms with Crippen LogP contribution in [0.1, 0.15) is 5.56 Å². The van der Waals surface area contributed by atoms with E-state index >= 15 is 4.39 Å². The molecule has 4 aromatic rings. The molecule has 31 heavy (non-hydrogen) atoms. The maximum absolute atomic E-state index is 15.3. The second-order valence-corrected chi connectivity index (χ2v) is 7.19. The van der Waals surface area contributed by atoms with Crippen LogP contribution in [-0.4, -0.2) is 28.5 Å². The summed E-state index contributed by atoms with van der Waals surface area (Å²) < 4.78 is 36.6. The summed E-state index contributed by atoms with van der Waals surface area (Å²) in [5.74, 6) is -1.87. The van der Waals surface area contributed by atoms with Gasteiger partial charge in [0.25, 0.3) is 0 Å². The molecule has 0 amide bonds. The van der Waals surface area contributed by atoms with Crippen molar-refractivity contribution in [1.29, 1.82) is 5.26 Å². The van der Waals surface area contributed by atoms with E-state index in [1.54, 1.807) is 6.20 Å². The lowest BCUT2D eigenvalue weighted by Gasteiger charge is -2.10. The Kier molecular flexibility index (Phi) is 5.55. The smallest absolute Gasteiger partial charge is 0.193 e. The summed E-state index contributed by atoms with van der Waals surface area (Å²) in [5, 5.41) is 13.3. The highest BCUT2D eigenvalue weighted by molar-refractivity contribution is 6.33. The Morgan fingerprint density at radius 2 is 2.06 bits per heavy atom. The molecular formula is C22H15ClF2N4O2. The van der Waals surface area contributed by atoms with Crippen LogP contribution in [0.15, 0.2) is 47.4 Å². The van der Waals surface area contributed by atoms with Gasteiger partial charge in [-0.15, -0.1) is 0 Å². The van der Waals surface area contributed by atoms with E-state index in [1.807, 2.05) is 6.07 Å². The normalized spacial score (nSPS) is 11.1. The lowest BCUT2D eigenvalue weighted by atomic mass is 10.0. The number of halogens is 3. The molecule has 1 N–H and O–H groups in total. The molecule has 156 valence electrons. The molecule has 9 heteroatoms. The first-order valence-corrected chi connectivity index (χ1v) is 9.58. The first-order valence-electron chi connectivity index (χ1n) is 9.20. The minimum absolute atomic E-state index is 0.0292. The fraction of sp³-hybridized carbons (Fsp3) is 0.136. The molecule has 4 rings (SSSR count). The lowest BCUT2D eigenvalue weighted by molar-refractivity contribution is 0.183. The minimum atomic E-state index is -1.00. The summed E-state index contributed by atoms with van der Waals surface area (Å²) >= 11 is 6.20. The predicted molar refractivity (Wildman–Crippen MR) is 113 cm³/mol. The molecule has 0 atom stereocenters. The van der Waals surface area contributed by atoms with E-state index < -0.39 is 17.1 Å². The van der Waals surface area contributed by atoms with E-state index in [0.717, 1.165) is 6.07 Å². The summed E-state index contributed by atoms with van der Waals surface area (Å²) in [7, 11) is 1.54. The number of hydrogen-bond donors (Lipinski definition) is 1. The Morgan fingerprint density at radius 3 is 2.81 bits per heavy atom. The molecule has 0 bridgehead atoms. The predicted octanol–water partition coefficient (Wildman–Crippen LogP) is 4.51. The van der Waals surface area contributed by atoms with Crippen LogP contribution in [0.3, 0.4) is 0 Å². The molecule has 0 aliphatic heterocycles. The molecule has 0 saturated heterocycles. The number of aromatic amines is 1. The van der Waals surface area contributed by atoms with Crippen LogP contribution >= 0.6 is 11.6 Å². The van der Waals surface area contributed by atoms with Gasteiger partial charge in [-0.1, -0.05) is 11.6 Å². The van der Waals surface area contributed by atoms with Crippen LogP contribution in [0.5, 0.6) is 0 Å². The van der Waals surface area contributed by atoms with Gasteiger partial charge in [0, 0.05) is 30.0 Å². The molecule has 0 saturated carbocycles. The number of benzene rings is 2. The zero-order chi connectivity index (χ0) is 22.1. The average molecular weight is 441 g/mol. The summed E-state index contributed by atoms with van der Waals surface area (Å²) in [6.07, 6.45) is 1.58. The van der Waals surface area contributed by atoms with Gasteiger partial charge in [0.15, 0.2) is 5.43 Å². The van der Waals surface area contributed by atoms with Crippen LogP contribution < -0.4 is 5.43 Å². The maximum atomic E-state index is 15.3. The summed E-state index contributed by atoms with van der Waals surface area (Å²) in [6, 6.07) is 10.2. The fourth-order valence-electron chi connectivity index (χ4n) is 3.33. The molecule has 0 aliphatic carbocycles. The average Bonchev–Trinajstić information content (AvgIpc) is 3.20. The van der Waals surface area contributed by atoms with E-state index in [4.69, 9.17) is 21.6 Å². The van der Waals surface area contributed by atoms with Gasteiger partial charge in [-0.3, -0.25) is 9.48 Å². The standard InChI is InChI=1S/C22H15ClF2N4O2/c1-31-7-6-29-5-4-16(28-29)20-15(24)9-18-21(22(20)25)19(30)10-17(27-18)13-8-12(11-26)2-3-14(13)23/h2-5,8-10H,6-7H2,1H3,(H,27,30). The van der Waals surface area contributed by atoms with Gasteiger partial charge >= 0.3 is 0 Å². The van der Waals surface area contributed by atoms with E-state index in [2.05, 4.69) is 10.1 Å². The first-order chi connectivity index (χ1) is 14.9. The summed E-state index contributed by atoms with van der Waals surface area (Å²) in [6.45, 7) is 0.807. The fourth-order valence-corrected chi connectivity index (χ4v) is 3.55. The molecule has 0 radical (unpaired) electrons. The highest BCUT2D eigenvalue weighted by Gasteiger charge is 2.21. The number of nitrogens with zero attached hydrogens (tertiary/aromatic N) is 3. The van der Waals surface area contributed by atoms with Crippen LogP contribution in [0, 0.1) is 23.0 Å². The van der Waals surface area contributed by atoms with Gasteiger partial charge in [0.2, 0.25) is 0 Å². The van der Waals surface area contributed by atoms with E-state index in [0.29, 0.717) is 24.3 Å². The maximum Gasteiger partial charge on any atom is 0.193 e. The Morgan fingerprint density at radius 1 is 1.26 bits per heavy atom. The van der Waals surface area contributed by atoms with Crippen molar-refractivity contribution in [2.75, 3.05) is 13.7 Å². The molecule has 0 fully saturated rings. The largest absolute Gasteiger partial charge is 0.383 e. The summed E-state index contributed by atoms with van der Waals surface area (Å²) in [5.41, 5.74) is -0.0421. The molecule has 0 unspecified atom stereocenters. The quantitative estimate of drug-likeness (QED) is 0.495. The molecular weight excluding hydrogens is 426 g/mol. The number of aromatic nitrogens is 3. The Labute approximate surface area is 180 Å². The number of rotatable bonds is 5. The van der Waals surface area contributed by atoms with Crippen molar-refractivity contribution in [2.45, 2.75) is 6.54 Å². The van der Waals surface area contributed by atoms with Gasteiger partial charge < -0.3 is 9.72 Å². The molecule has 0 aliphatic rings. The minimum Gasteiger partial charge on any atom is -0.383 e. The number of pyridine rings is 1. The molecule has 2 aromatic heterocycles. The summed E-state index contributed by atoms with van der Waals surface area (Å²) in [4.78, 5) is 15.6.